The first-order chi connectivity index (χ1) is 10.4. The van der Waals surface area contributed by atoms with Gasteiger partial charge < -0.3 is 9.88 Å². The third kappa shape index (κ3) is 3.88. The van der Waals surface area contributed by atoms with Crippen molar-refractivity contribution in [3.63, 3.8) is 0 Å². The summed E-state index contributed by atoms with van der Waals surface area (Å²) in [5.41, 5.74) is 0. The van der Waals surface area contributed by atoms with Crippen molar-refractivity contribution >= 4 is 0 Å². The number of imidazole rings is 1. The van der Waals surface area contributed by atoms with Crippen LogP contribution in [0.4, 0.5) is 0 Å². The molecule has 0 saturated heterocycles. The SMILES string of the molecule is CCCC1CCCC(NC2CCCC2n2ccnc2)CC1. The average molecular weight is 289 g/mol. The normalized spacial score (nSPS) is 34.0. The van der Waals surface area contributed by atoms with Crippen LogP contribution >= 0.6 is 0 Å². The molecule has 2 saturated carbocycles. The molecule has 3 nitrogen and oxygen atoms in total. The molecule has 0 aliphatic heterocycles. The van der Waals surface area contributed by atoms with Crippen LogP contribution in [0, 0.1) is 5.92 Å². The third-order valence-electron chi connectivity index (χ3n) is 5.62. The minimum Gasteiger partial charge on any atom is -0.333 e. The Bertz CT molecular complexity index is 401. The standard InChI is InChI=1S/C18H31N3/c1-2-5-15-6-3-7-16(11-10-15)20-17-8-4-9-18(17)21-13-12-19-14-21/h12-18,20H,2-11H2,1H3. The lowest BCUT2D eigenvalue weighted by atomic mass is 9.95. The largest absolute Gasteiger partial charge is 0.333 e. The number of rotatable bonds is 5. The summed E-state index contributed by atoms with van der Waals surface area (Å²) >= 11 is 0. The number of nitrogens with zero attached hydrogens (tertiary/aromatic N) is 2. The summed E-state index contributed by atoms with van der Waals surface area (Å²) in [6.45, 7) is 2.33. The van der Waals surface area contributed by atoms with E-state index < -0.39 is 0 Å². The maximum atomic E-state index is 4.23. The van der Waals surface area contributed by atoms with Crippen LogP contribution in [-0.4, -0.2) is 21.6 Å². The van der Waals surface area contributed by atoms with Crippen molar-refractivity contribution in [1.82, 2.24) is 14.9 Å². The lowest BCUT2D eigenvalue weighted by Gasteiger charge is -2.27. The fraction of sp³-hybridized carbons (Fsp3) is 0.833. The van der Waals surface area contributed by atoms with E-state index in [0.29, 0.717) is 12.1 Å². The quantitative estimate of drug-likeness (QED) is 0.818. The first-order valence-electron chi connectivity index (χ1n) is 9.10. The van der Waals surface area contributed by atoms with Gasteiger partial charge in [-0.05, 0) is 44.4 Å². The van der Waals surface area contributed by atoms with Crippen LogP contribution in [0.3, 0.4) is 0 Å². The predicted molar refractivity (Wildman–Crippen MR) is 87.3 cm³/mol. The second-order valence-corrected chi connectivity index (χ2v) is 7.14. The van der Waals surface area contributed by atoms with Crippen molar-refractivity contribution in [3.8, 4) is 0 Å². The van der Waals surface area contributed by atoms with Crippen LogP contribution < -0.4 is 5.32 Å². The molecule has 1 heterocycles. The first kappa shape index (κ1) is 15.1. The van der Waals surface area contributed by atoms with Crippen LogP contribution in [0.15, 0.2) is 18.7 Å². The highest BCUT2D eigenvalue weighted by molar-refractivity contribution is 4.93. The minimum absolute atomic E-state index is 0.627. The molecule has 1 aromatic heterocycles. The van der Waals surface area contributed by atoms with Crippen molar-refractivity contribution in [2.75, 3.05) is 0 Å². The van der Waals surface area contributed by atoms with E-state index in [-0.39, 0.29) is 0 Å². The highest BCUT2D eigenvalue weighted by Gasteiger charge is 2.30. The second-order valence-electron chi connectivity index (χ2n) is 7.14. The van der Waals surface area contributed by atoms with Gasteiger partial charge in [-0.25, -0.2) is 4.98 Å². The maximum absolute atomic E-state index is 4.23. The fourth-order valence-electron chi connectivity index (χ4n) is 4.50. The maximum Gasteiger partial charge on any atom is 0.0949 e. The monoisotopic (exact) mass is 289 g/mol. The average Bonchev–Trinajstić information content (AvgIpc) is 3.10. The van der Waals surface area contributed by atoms with Gasteiger partial charge in [0.25, 0.3) is 0 Å². The van der Waals surface area contributed by atoms with Gasteiger partial charge in [-0.15, -0.1) is 0 Å². The fourth-order valence-corrected chi connectivity index (χ4v) is 4.50. The van der Waals surface area contributed by atoms with E-state index in [9.17, 15) is 0 Å². The molecule has 0 amide bonds. The molecule has 1 N–H and O–H groups in total. The Hall–Kier alpha value is -0.830. The molecule has 118 valence electrons. The van der Waals surface area contributed by atoms with Crippen LogP contribution in [-0.2, 0) is 0 Å². The zero-order chi connectivity index (χ0) is 14.5. The van der Waals surface area contributed by atoms with E-state index in [1.807, 2.05) is 12.5 Å². The van der Waals surface area contributed by atoms with Gasteiger partial charge in [0.05, 0.1) is 6.33 Å². The van der Waals surface area contributed by atoms with Crippen LogP contribution in [0.2, 0.25) is 0 Å². The van der Waals surface area contributed by atoms with Crippen molar-refractivity contribution in [2.24, 2.45) is 5.92 Å². The second kappa shape index (κ2) is 7.44. The highest BCUT2D eigenvalue weighted by atomic mass is 15.1. The smallest absolute Gasteiger partial charge is 0.0949 e. The molecule has 2 aliphatic rings. The van der Waals surface area contributed by atoms with Crippen LogP contribution in [0.1, 0.15) is 77.2 Å². The van der Waals surface area contributed by atoms with Gasteiger partial charge in [0.2, 0.25) is 0 Å². The summed E-state index contributed by atoms with van der Waals surface area (Å²) in [4.78, 5) is 4.23. The van der Waals surface area contributed by atoms with Gasteiger partial charge in [0.1, 0.15) is 0 Å². The Morgan fingerprint density at radius 3 is 2.81 bits per heavy atom. The van der Waals surface area contributed by atoms with E-state index in [4.69, 9.17) is 0 Å². The lowest BCUT2D eigenvalue weighted by Crippen LogP contribution is -2.40. The Morgan fingerprint density at radius 2 is 2.00 bits per heavy atom. The zero-order valence-electron chi connectivity index (χ0n) is 13.5. The molecule has 4 unspecified atom stereocenters. The summed E-state index contributed by atoms with van der Waals surface area (Å²) in [6, 6.07) is 2.04. The zero-order valence-corrected chi connectivity index (χ0v) is 13.5. The molecular weight excluding hydrogens is 258 g/mol. The molecule has 0 aromatic carbocycles. The first-order valence-corrected chi connectivity index (χ1v) is 9.10. The molecule has 1 aromatic rings. The van der Waals surface area contributed by atoms with Gasteiger partial charge in [0, 0.05) is 30.5 Å². The Labute approximate surface area is 129 Å². The Kier molecular flexibility index (Phi) is 5.34. The van der Waals surface area contributed by atoms with Crippen LogP contribution in [0.5, 0.6) is 0 Å². The van der Waals surface area contributed by atoms with Gasteiger partial charge >= 0.3 is 0 Å². The number of aromatic nitrogens is 2. The van der Waals surface area contributed by atoms with Gasteiger partial charge in [0.15, 0.2) is 0 Å². The van der Waals surface area contributed by atoms with Gasteiger partial charge in [-0.2, -0.15) is 0 Å². The molecule has 0 radical (unpaired) electrons. The molecule has 3 rings (SSSR count). The molecule has 4 atom stereocenters. The molecule has 21 heavy (non-hydrogen) atoms. The van der Waals surface area contributed by atoms with E-state index in [1.54, 1.807) is 0 Å². The summed E-state index contributed by atoms with van der Waals surface area (Å²) < 4.78 is 2.32. The number of hydrogen-bond acceptors (Lipinski definition) is 2. The summed E-state index contributed by atoms with van der Waals surface area (Å²) in [7, 11) is 0. The predicted octanol–water partition coefficient (Wildman–Crippen LogP) is 4.32. The van der Waals surface area contributed by atoms with E-state index >= 15 is 0 Å². The Morgan fingerprint density at radius 1 is 1.10 bits per heavy atom. The van der Waals surface area contributed by atoms with Crippen molar-refractivity contribution < 1.29 is 0 Å². The molecule has 0 bridgehead atoms. The number of hydrogen-bond donors (Lipinski definition) is 1. The van der Waals surface area contributed by atoms with Crippen molar-refractivity contribution in [3.05, 3.63) is 18.7 Å². The van der Waals surface area contributed by atoms with Gasteiger partial charge in [-0.1, -0.05) is 32.6 Å². The van der Waals surface area contributed by atoms with Gasteiger partial charge in [-0.3, -0.25) is 0 Å². The van der Waals surface area contributed by atoms with E-state index in [1.165, 1.54) is 64.2 Å². The molecule has 2 aliphatic carbocycles. The van der Waals surface area contributed by atoms with E-state index in [0.717, 1.165) is 12.0 Å². The molecule has 0 spiro atoms. The van der Waals surface area contributed by atoms with E-state index in [2.05, 4.69) is 28.0 Å². The number of nitrogens with one attached hydrogen (secondary N) is 1. The summed E-state index contributed by atoms with van der Waals surface area (Å²) in [5, 5.41) is 4.01. The van der Waals surface area contributed by atoms with Crippen molar-refractivity contribution in [1.29, 1.82) is 0 Å². The summed E-state index contributed by atoms with van der Waals surface area (Å²) in [5.74, 6) is 0.995. The Balaban J connectivity index is 1.53. The molecular formula is C18H31N3. The lowest BCUT2D eigenvalue weighted by molar-refractivity contribution is 0.328. The molecule has 2 fully saturated rings. The van der Waals surface area contributed by atoms with Crippen molar-refractivity contribution in [2.45, 2.75) is 89.3 Å². The topological polar surface area (TPSA) is 29.9 Å². The minimum atomic E-state index is 0.627. The highest BCUT2D eigenvalue weighted by Crippen LogP contribution is 2.32. The van der Waals surface area contributed by atoms with Crippen LogP contribution in [0.25, 0.3) is 0 Å². The molecule has 3 heteroatoms. The summed E-state index contributed by atoms with van der Waals surface area (Å²) in [6.07, 6.45) is 19.9. The third-order valence-corrected chi connectivity index (χ3v) is 5.62.